The summed E-state index contributed by atoms with van der Waals surface area (Å²) in [6.45, 7) is 2.28. The summed E-state index contributed by atoms with van der Waals surface area (Å²) in [5, 5.41) is 6.60. The van der Waals surface area contributed by atoms with Gasteiger partial charge in [-0.3, -0.25) is 14.9 Å². The van der Waals surface area contributed by atoms with Crippen molar-refractivity contribution >= 4 is 5.91 Å². The lowest BCUT2D eigenvalue weighted by molar-refractivity contribution is 0.0704. The second kappa shape index (κ2) is 6.88. The lowest BCUT2D eigenvalue weighted by Gasteiger charge is -2.31. The van der Waals surface area contributed by atoms with Gasteiger partial charge >= 0.3 is 0 Å². The fraction of sp³-hybridized carbons (Fsp3) is 0.333. The van der Waals surface area contributed by atoms with Crippen LogP contribution in [-0.4, -0.2) is 48.6 Å². The van der Waals surface area contributed by atoms with Crippen LogP contribution in [0.25, 0.3) is 0 Å². The van der Waals surface area contributed by atoms with Crippen LogP contribution in [0, 0.1) is 0 Å². The van der Waals surface area contributed by atoms with E-state index in [1.54, 1.807) is 12.3 Å². The van der Waals surface area contributed by atoms with Crippen LogP contribution >= 0.6 is 0 Å². The maximum absolute atomic E-state index is 12.4. The summed E-state index contributed by atoms with van der Waals surface area (Å²) in [5.74, 6) is 1.50. The van der Waals surface area contributed by atoms with Gasteiger partial charge in [0.05, 0.1) is 0 Å². The first kappa shape index (κ1) is 15.6. The Labute approximate surface area is 145 Å². The molecule has 0 aliphatic carbocycles. The van der Waals surface area contributed by atoms with Crippen molar-refractivity contribution in [1.82, 2.24) is 29.6 Å². The lowest BCUT2D eigenvalue weighted by atomic mass is 9.95. The maximum Gasteiger partial charge on any atom is 0.271 e. The second-order valence-corrected chi connectivity index (χ2v) is 6.31. The van der Waals surface area contributed by atoms with Gasteiger partial charge in [0.2, 0.25) is 0 Å². The van der Waals surface area contributed by atoms with Gasteiger partial charge in [0, 0.05) is 56.5 Å². The van der Waals surface area contributed by atoms with E-state index in [9.17, 15) is 4.79 Å². The minimum atomic E-state index is 0.0241. The van der Waals surface area contributed by atoms with Gasteiger partial charge in [-0.2, -0.15) is 5.10 Å². The number of nitrogens with one attached hydrogen (secondary N) is 1. The molecular formula is C18H20N6O. The van der Waals surface area contributed by atoms with E-state index < -0.39 is 0 Å². The molecular weight excluding hydrogens is 316 g/mol. The molecule has 0 bridgehead atoms. The fourth-order valence-corrected chi connectivity index (χ4v) is 3.39. The van der Waals surface area contributed by atoms with E-state index in [1.165, 1.54) is 5.56 Å². The van der Waals surface area contributed by atoms with Crippen molar-refractivity contribution in [3.05, 3.63) is 66.3 Å². The lowest BCUT2D eigenvalue weighted by Crippen LogP contribution is -2.38. The summed E-state index contributed by atoms with van der Waals surface area (Å²) >= 11 is 0. The standard InChI is InChI=1S/C18H20N6O/c25-18(16-3-8-21-22-16)23-10-4-15(5-11-23)17-20-9-12-24(17)13-14-1-6-19-7-2-14/h1-3,6-9,12,15H,4-5,10-11,13H2,(H,21,22). The number of hydrogen-bond donors (Lipinski definition) is 1. The van der Waals surface area contributed by atoms with Crippen molar-refractivity contribution in [3.8, 4) is 0 Å². The molecule has 4 heterocycles. The quantitative estimate of drug-likeness (QED) is 0.791. The van der Waals surface area contributed by atoms with Crippen LogP contribution in [0.4, 0.5) is 0 Å². The largest absolute Gasteiger partial charge is 0.337 e. The zero-order valence-corrected chi connectivity index (χ0v) is 13.9. The number of H-pyrrole nitrogens is 1. The van der Waals surface area contributed by atoms with Gasteiger partial charge in [0.15, 0.2) is 0 Å². The predicted molar refractivity (Wildman–Crippen MR) is 92.0 cm³/mol. The molecule has 1 aliphatic heterocycles. The summed E-state index contributed by atoms with van der Waals surface area (Å²) in [7, 11) is 0. The number of aromatic nitrogens is 5. The Morgan fingerprint density at radius 3 is 2.64 bits per heavy atom. The Kier molecular flexibility index (Phi) is 4.28. The minimum absolute atomic E-state index is 0.0241. The van der Waals surface area contributed by atoms with Gasteiger partial charge < -0.3 is 9.47 Å². The number of hydrogen-bond acceptors (Lipinski definition) is 4. The van der Waals surface area contributed by atoms with Crippen LogP contribution < -0.4 is 0 Å². The summed E-state index contributed by atoms with van der Waals surface area (Å²) in [6, 6.07) is 5.76. The first-order chi connectivity index (χ1) is 12.3. The highest BCUT2D eigenvalue weighted by atomic mass is 16.2. The summed E-state index contributed by atoms with van der Waals surface area (Å²) in [6.07, 6.45) is 11.0. The Morgan fingerprint density at radius 2 is 1.92 bits per heavy atom. The molecule has 1 fully saturated rings. The van der Waals surface area contributed by atoms with Gasteiger partial charge in [-0.25, -0.2) is 4.98 Å². The maximum atomic E-state index is 12.4. The third-order valence-electron chi connectivity index (χ3n) is 4.73. The van der Waals surface area contributed by atoms with Gasteiger partial charge in [0.25, 0.3) is 5.91 Å². The Hall–Kier alpha value is -2.96. The highest BCUT2D eigenvalue weighted by molar-refractivity contribution is 5.92. The number of pyridine rings is 1. The van der Waals surface area contributed by atoms with E-state index in [-0.39, 0.29) is 5.91 Å². The van der Waals surface area contributed by atoms with E-state index in [0.29, 0.717) is 11.6 Å². The molecule has 1 saturated heterocycles. The minimum Gasteiger partial charge on any atom is -0.337 e. The zero-order valence-electron chi connectivity index (χ0n) is 13.9. The molecule has 3 aromatic heterocycles. The van der Waals surface area contributed by atoms with Gasteiger partial charge in [-0.1, -0.05) is 0 Å². The number of carbonyl (C=O) groups is 1. The number of imidazole rings is 1. The van der Waals surface area contributed by atoms with Crippen molar-refractivity contribution in [2.45, 2.75) is 25.3 Å². The molecule has 0 radical (unpaired) electrons. The number of nitrogens with zero attached hydrogens (tertiary/aromatic N) is 5. The molecule has 0 atom stereocenters. The third kappa shape index (κ3) is 3.31. The molecule has 4 rings (SSSR count). The molecule has 1 amide bonds. The van der Waals surface area contributed by atoms with Crippen molar-refractivity contribution in [2.75, 3.05) is 13.1 Å². The van der Waals surface area contributed by atoms with Crippen LogP contribution in [-0.2, 0) is 6.54 Å². The number of piperidine rings is 1. The van der Waals surface area contributed by atoms with Crippen LogP contribution in [0.15, 0.2) is 49.2 Å². The van der Waals surface area contributed by atoms with E-state index in [4.69, 9.17) is 0 Å². The summed E-state index contributed by atoms with van der Waals surface area (Å²) in [4.78, 5) is 22.9. The van der Waals surface area contributed by atoms with Crippen molar-refractivity contribution in [2.24, 2.45) is 0 Å². The van der Waals surface area contributed by atoms with Crippen LogP contribution in [0.1, 0.15) is 40.6 Å². The number of carbonyl (C=O) groups excluding carboxylic acids is 1. The SMILES string of the molecule is O=C(c1ccn[nH]1)N1CCC(c2nccn2Cc2ccncc2)CC1. The second-order valence-electron chi connectivity index (χ2n) is 6.31. The van der Waals surface area contributed by atoms with Crippen molar-refractivity contribution in [3.63, 3.8) is 0 Å². The van der Waals surface area contributed by atoms with Gasteiger partial charge in [-0.15, -0.1) is 0 Å². The summed E-state index contributed by atoms with van der Waals surface area (Å²) in [5.41, 5.74) is 1.76. The molecule has 7 nitrogen and oxygen atoms in total. The third-order valence-corrected chi connectivity index (χ3v) is 4.73. The molecule has 0 spiro atoms. The van der Waals surface area contributed by atoms with Crippen LogP contribution in [0.3, 0.4) is 0 Å². The van der Waals surface area contributed by atoms with Crippen molar-refractivity contribution in [1.29, 1.82) is 0 Å². The first-order valence-corrected chi connectivity index (χ1v) is 8.50. The molecule has 0 unspecified atom stereocenters. The Morgan fingerprint density at radius 1 is 1.12 bits per heavy atom. The zero-order chi connectivity index (χ0) is 17.1. The van der Waals surface area contributed by atoms with E-state index >= 15 is 0 Å². The molecule has 128 valence electrons. The normalized spacial score (nSPS) is 15.4. The Balaban J connectivity index is 1.42. The number of likely N-dealkylation sites (tertiary alicyclic amines) is 1. The smallest absolute Gasteiger partial charge is 0.271 e. The van der Waals surface area contributed by atoms with Crippen LogP contribution in [0.5, 0.6) is 0 Å². The Bertz CT molecular complexity index is 818. The predicted octanol–water partition coefficient (Wildman–Crippen LogP) is 2.07. The molecule has 1 N–H and O–H groups in total. The highest BCUT2D eigenvalue weighted by Crippen LogP contribution is 2.27. The number of rotatable bonds is 4. The summed E-state index contributed by atoms with van der Waals surface area (Å²) < 4.78 is 2.20. The molecule has 0 saturated carbocycles. The van der Waals surface area contributed by atoms with E-state index in [1.807, 2.05) is 41.8 Å². The topological polar surface area (TPSA) is 79.7 Å². The highest BCUT2D eigenvalue weighted by Gasteiger charge is 2.27. The first-order valence-electron chi connectivity index (χ1n) is 8.50. The van der Waals surface area contributed by atoms with Crippen molar-refractivity contribution < 1.29 is 4.79 Å². The van der Waals surface area contributed by atoms with Crippen LogP contribution in [0.2, 0.25) is 0 Å². The van der Waals surface area contributed by atoms with Gasteiger partial charge in [-0.05, 0) is 36.6 Å². The number of aromatic amines is 1. The monoisotopic (exact) mass is 336 g/mol. The van der Waals surface area contributed by atoms with Gasteiger partial charge in [0.1, 0.15) is 11.5 Å². The molecule has 0 aromatic carbocycles. The fourth-order valence-electron chi connectivity index (χ4n) is 3.39. The average molecular weight is 336 g/mol. The molecule has 25 heavy (non-hydrogen) atoms. The average Bonchev–Trinajstić information content (AvgIpc) is 3.34. The van der Waals surface area contributed by atoms with E-state index in [2.05, 4.69) is 24.7 Å². The van der Waals surface area contributed by atoms with E-state index in [0.717, 1.165) is 38.3 Å². The molecule has 3 aromatic rings. The number of amides is 1. The molecule has 1 aliphatic rings. The molecule has 7 heteroatoms.